The van der Waals surface area contributed by atoms with E-state index >= 15 is 0 Å². The molecule has 0 fully saturated rings. The second kappa shape index (κ2) is 4.39. The minimum Gasteiger partial charge on any atom is -0.476 e. The van der Waals surface area contributed by atoms with Crippen molar-refractivity contribution < 1.29 is 14.3 Å². The first kappa shape index (κ1) is 11.3. The minimum atomic E-state index is -1.13. The second-order valence-electron chi connectivity index (χ2n) is 3.61. The Labute approximate surface area is 97.9 Å². The van der Waals surface area contributed by atoms with Gasteiger partial charge < -0.3 is 15.3 Å². The monoisotopic (exact) mass is 232 g/mol. The van der Waals surface area contributed by atoms with Gasteiger partial charge in [0.25, 0.3) is 0 Å². The third-order valence-electron chi connectivity index (χ3n) is 2.46. The van der Waals surface area contributed by atoms with Crippen molar-refractivity contribution in [3.63, 3.8) is 0 Å². The van der Waals surface area contributed by atoms with Gasteiger partial charge in [0, 0.05) is 5.56 Å². The van der Waals surface area contributed by atoms with Gasteiger partial charge in [-0.05, 0) is 18.6 Å². The number of aromatic carboxylic acids is 1. The number of aromatic nitrogens is 1. The van der Waals surface area contributed by atoms with Crippen molar-refractivity contribution in [3.8, 4) is 11.5 Å². The Morgan fingerprint density at radius 1 is 1.47 bits per heavy atom. The lowest BCUT2D eigenvalue weighted by Crippen LogP contribution is -2.04. The van der Waals surface area contributed by atoms with Crippen molar-refractivity contribution in [1.82, 2.24) is 4.98 Å². The maximum absolute atomic E-state index is 10.9. The van der Waals surface area contributed by atoms with Crippen LogP contribution in [0.1, 0.15) is 21.8 Å². The fourth-order valence-electron chi connectivity index (χ4n) is 1.59. The average molecular weight is 232 g/mol. The van der Waals surface area contributed by atoms with Crippen LogP contribution < -0.4 is 5.73 Å². The van der Waals surface area contributed by atoms with Crippen LogP contribution in [-0.4, -0.2) is 16.1 Å². The summed E-state index contributed by atoms with van der Waals surface area (Å²) in [6.07, 6.45) is 0. The highest BCUT2D eigenvalue weighted by Gasteiger charge is 2.19. The minimum absolute atomic E-state index is 0.0144. The summed E-state index contributed by atoms with van der Waals surface area (Å²) in [7, 11) is 0. The van der Waals surface area contributed by atoms with Gasteiger partial charge in [-0.25, -0.2) is 9.78 Å². The highest BCUT2D eigenvalue weighted by Crippen LogP contribution is 2.24. The number of hydrogen-bond acceptors (Lipinski definition) is 4. The summed E-state index contributed by atoms with van der Waals surface area (Å²) in [5.74, 6) is -0.647. The van der Waals surface area contributed by atoms with Crippen molar-refractivity contribution in [2.45, 2.75) is 13.5 Å². The molecule has 0 saturated heterocycles. The summed E-state index contributed by atoms with van der Waals surface area (Å²) < 4.78 is 5.38. The molecule has 0 atom stereocenters. The molecule has 0 spiro atoms. The van der Waals surface area contributed by atoms with Gasteiger partial charge in [0.15, 0.2) is 11.5 Å². The molecule has 0 radical (unpaired) electrons. The van der Waals surface area contributed by atoms with Gasteiger partial charge in [-0.1, -0.05) is 18.2 Å². The molecule has 0 amide bonds. The number of carboxylic acids is 1. The molecule has 1 aromatic heterocycles. The van der Waals surface area contributed by atoms with Crippen molar-refractivity contribution in [2.75, 3.05) is 0 Å². The Bertz CT molecular complexity index is 561. The van der Waals surface area contributed by atoms with Crippen LogP contribution in [0.15, 0.2) is 28.7 Å². The molecule has 2 aromatic rings. The van der Waals surface area contributed by atoms with E-state index in [1.165, 1.54) is 0 Å². The summed E-state index contributed by atoms with van der Waals surface area (Å²) in [6.45, 7) is 1.92. The Morgan fingerprint density at radius 2 is 2.18 bits per heavy atom. The average Bonchev–Trinajstić information content (AvgIpc) is 2.73. The number of carbonyl (C=O) groups is 1. The Kier molecular flexibility index (Phi) is 2.93. The van der Waals surface area contributed by atoms with Crippen molar-refractivity contribution in [3.05, 3.63) is 41.3 Å². The second-order valence-corrected chi connectivity index (χ2v) is 3.61. The SMILES string of the molecule is Cc1ccccc1-c1nc(C(=O)O)c(CN)o1. The van der Waals surface area contributed by atoms with Crippen LogP contribution in [0.2, 0.25) is 0 Å². The van der Waals surface area contributed by atoms with Gasteiger partial charge in [0.2, 0.25) is 5.89 Å². The molecule has 0 saturated carbocycles. The van der Waals surface area contributed by atoms with Crippen LogP contribution in [0.5, 0.6) is 0 Å². The van der Waals surface area contributed by atoms with Crippen LogP contribution in [0.4, 0.5) is 0 Å². The molecule has 3 N–H and O–H groups in total. The van der Waals surface area contributed by atoms with Crippen LogP contribution in [-0.2, 0) is 6.54 Å². The van der Waals surface area contributed by atoms with E-state index in [-0.39, 0.29) is 18.0 Å². The van der Waals surface area contributed by atoms with E-state index in [2.05, 4.69) is 4.98 Å². The molecule has 5 heteroatoms. The first-order chi connectivity index (χ1) is 8.13. The van der Waals surface area contributed by atoms with Gasteiger partial charge in [0.1, 0.15) is 0 Å². The number of rotatable bonds is 3. The lowest BCUT2D eigenvalue weighted by molar-refractivity contribution is 0.0689. The first-order valence-electron chi connectivity index (χ1n) is 5.12. The maximum atomic E-state index is 10.9. The number of oxazole rings is 1. The zero-order valence-corrected chi connectivity index (χ0v) is 9.30. The van der Waals surface area contributed by atoms with Gasteiger partial charge in [-0.15, -0.1) is 0 Å². The third kappa shape index (κ3) is 2.05. The van der Waals surface area contributed by atoms with E-state index < -0.39 is 5.97 Å². The molecule has 0 aliphatic carbocycles. The van der Waals surface area contributed by atoms with Crippen LogP contribution >= 0.6 is 0 Å². The summed E-state index contributed by atoms with van der Waals surface area (Å²) >= 11 is 0. The zero-order chi connectivity index (χ0) is 12.4. The van der Waals surface area contributed by atoms with Gasteiger partial charge in [0.05, 0.1) is 6.54 Å². The van der Waals surface area contributed by atoms with Crippen LogP contribution in [0.25, 0.3) is 11.5 Å². The number of nitrogens with two attached hydrogens (primary N) is 1. The molecule has 0 aliphatic heterocycles. The van der Waals surface area contributed by atoms with E-state index in [4.69, 9.17) is 15.3 Å². The molecular weight excluding hydrogens is 220 g/mol. The molecule has 0 unspecified atom stereocenters. The zero-order valence-electron chi connectivity index (χ0n) is 9.30. The van der Waals surface area contributed by atoms with Crippen molar-refractivity contribution in [2.24, 2.45) is 5.73 Å². The maximum Gasteiger partial charge on any atom is 0.358 e. The number of aryl methyl sites for hydroxylation is 1. The molecule has 88 valence electrons. The molecule has 0 aliphatic rings. The molecule has 5 nitrogen and oxygen atoms in total. The molecule has 2 rings (SSSR count). The van der Waals surface area contributed by atoms with Gasteiger partial charge in [-0.2, -0.15) is 0 Å². The highest BCUT2D eigenvalue weighted by molar-refractivity contribution is 5.87. The predicted octanol–water partition coefficient (Wildman–Crippen LogP) is 1.81. The van der Waals surface area contributed by atoms with E-state index in [0.29, 0.717) is 5.89 Å². The highest BCUT2D eigenvalue weighted by atomic mass is 16.4. The normalized spacial score (nSPS) is 10.5. The topological polar surface area (TPSA) is 89.3 Å². The molecule has 0 bridgehead atoms. The number of benzene rings is 1. The molecular formula is C12H12N2O3. The van der Waals surface area contributed by atoms with Crippen LogP contribution in [0, 0.1) is 6.92 Å². The lowest BCUT2D eigenvalue weighted by atomic mass is 10.1. The van der Waals surface area contributed by atoms with E-state index in [1.807, 2.05) is 31.2 Å². The molecule has 1 aromatic carbocycles. The molecule has 17 heavy (non-hydrogen) atoms. The van der Waals surface area contributed by atoms with E-state index in [9.17, 15) is 4.79 Å². The quantitative estimate of drug-likeness (QED) is 0.842. The van der Waals surface area contributed by atoms with E-state index in [0.717, 1.165) is 11.1 Å². The summed E-state index contributed by atoms with van der Waals surface area (Å²) in [5, 5.41) is 8.95. The first-order valence-corrected chi connectivity index (χ1v) is 5.12. The van der Waals surface area contributed by atoms with E-state index in [1.54, 1.807) is 0 Å². The molecule has 1 heterocycles. The summed E-state index contributed by atoms with van der Waals surface area (Å²) in [5.41, 5.74) is 7.04. The van der Waals surface area contributed by atoms with Crippen LogP contribution in [0.3, 0.4) is 0 Å². The third-order valence-corrected chi connectivity index (χ3v) is 2.46. The number of nitrogens with zero attached hydrogens (tertiary/aromatic N) is 1. The van der Waals surface area contributed by atoms with Gasteiger partial charge in [-0.3, -0.25) is 0 Å². The fraction of sp³-hybridized carbons (Fsp3) is 0.167. The summed E-state index contributed by atoms with van der Waals surface area (Å²) in [4.78, 5) is 14.9. The largest absolute Gasteiger partial charge is 0.476 e. The van der Waals surface area contributed by atoms with Crippen molar-refractivity contribution in [1.29, 1.82) is 0 Å². The lowest BCUT2D eigenvalue weighted by Gasteiger charge is -1.99. The number of hydrogen-bond donors (Lipinski definition) is 2. The Hall–Kier alpha value is -2.14. The Balaban J connectivity index is 2.54. The standard InChI is InChI=1S/C12H12N2O3/c1-7-4-2-3-5-8(7)11-14-10(12(15)16)9(6-13)17-11/h2-5H,6,13H2,1H3,(H,15,16). The Morgan fingerprint density at radius 3 is 2.71 bits per heavy atom. The fourth-order valence-corrected chi connectivity index (χ4v) is 1.59. The smallest absolute Gasteiger partial charge is 0.358 e. The summed E-state index contributed by atoms with van der Waals surface area (Å²) in [6, 6.07) is 7.47. The van der Waals surface area contributed by atoms with Gasteiger partial charge >= 0.3 is 5.97 Å². The predicted molar refractivity (Wildman–Crippen MR) is 61.5 cm³/mol. The number of carboxylic acid groups (broad SMARTS) is 1. The van der Waals surface area contributed by atoms with Crippen molar-refractivity contribution >= 4 is 5.97 Å².